The van der Waals surface area contributed by atoms with Gasteiger partial charge in [-0.2, -0.15) is 0 Å². The zero-order chi connectivity index (χ0) is 14.9. The maximum absolute atomic E-state index is 12.5. The van der Waals surface area contributed by atoms with Gasteiger partial charge in [-0.15, -0.1) is 0 Å². The van der Waals surface area contributed by atoms with Gasteiger partial charge in [0.25, 0.3) is 5.56 Å². The molecule has 4 heteroatoms. The number of benzene rings is 2. The number of aromatic nitrogens is 2. The quantitative estimate of drug-likeness (QED) is 0.570. The molecule has 0 aliphatic rings. The smallest absolute Gasteiger partial charge is 0.267 e. The highest BCUT2D eigenvalue weighted by atomic mass is 32.1. The van der Waals surface area contributed by atoms with Crippen molar-refractivity contribution in [2.45, 2.75) is 0 Å². The molecule has 0 radical (unpaired) electrons. The Hall–Kier alpha value is -2.72. The standard InChI is InChI=1S/C18H12N2OS/c21-17-16(12-6-9-13-7-2-1-3-8-13)22-18-19-14-10-4-5-11-15(14)20(17)18/h1-12H/b9-6+,16-12+. The largest absolute Gasteiger partial charge is 0.274 e. The molecule has 2 aromatic heterocycles. The van der Waals surface area contributed by atoms with Gasteiger partial charge < -0.3 is 0 Å². The van der Waals surface area contributed by atoms with Crippen LogP contribution in [0.3, 0.4) is 0 Å². The molecular weight excluding hydrogens is 292 g/mol. The molecule has 22 heavy (non-hydrogen) atoms. The zero-order valence-corrected chi connectivity index (χ0v) is 12.5. The van der Waals surface area contributed by atoms with Crippen molar-refractivity contribution in [1.82, 2.24) is 9.38 Å². The van der Waals surface area contributed by atoms with Crippen molar-refractivity contribution >= 4 is 39.5 Å². The van der Waals surface area contributed by atoms with Crippen molar-refractivity contribution in [2.24, 2.45) is 0 Å². The lowest BCUT2D eigenvalue weighted by molar-refractivity contribution is 1.19. The summed E-state index contributed by atoms with van der Waals surface area (Å²) < 4.78 is 2.38. The molecule has 3 nitrogen and oxygen atoms in total. The van der Waals surface area contributed by atoms with Crippen LogP contribution >= 0.6 is 11.3 Å². The van der Waals surface area contributed by atoms with Gasteiger partial charge in [0.15, 0.2) is 4.96 Å². The minimum atomic E-state index is -0.00795. The Morgan fingerprint density at radius 1 is 1.00 bits per heavy atom. The van der Waals surface area contributed by atoms with Gasteiger partial charge in [0.1, 0.15) is 0 Å². The monoisotopic (exact) mass is 304 g/mol. The van der Waals surface area contributed by atoms with Gasteiger partial charge in [-0.25, -0.2) is 9.38 Å². The summed E-state index contributed by atoms with van der Waals surface area (Å²) >= 11 is 1.42. The van der Waals surface area contributed by atoms with Gasteiger partial charge in [-0.1, -0.05) is 66.0 Å². The Balaban J connectivity index is 1.83. The number of fused-ring (bicyclic) bond motifs is 3. The summed E-state index contributed by atoms with van der Waals surface area (Å²) in [5.74, 6) is 0. The van der Waals surface area contributed by atoms with Crippen LogP contribution in [0.5, 0.6) is 0 Å². The maximum Gasteiger partial charge on any atom is 0.274 e. The van der Waals surface area contributed by atoms with Crippen LogP contribution in [-0.2, 0) is 0 Å². The highest BCUT2D eigenvalue weighted by molar-refractivity contribution is 7.15. The van der Waals surface area contributed by atoms with E-state index >= 15 is 0 Å². The Bertz CT molecular complexity index is 1090. The molecule has 2 heterocycles. The third-order valence-electron chi connectivity index (χ3n) is 3.48. The number of hydrogen-bond acceptors (Lipinski definition) is 3. The van der Waals surface area contributed by atoms with E-state index in [-0.39, 0.29) is 5.56 Å². The first kappa shape index (κ1) is 13.0. The molecule has 0 unspecified atom stereocenters. The van der Waals surface area contributed by atoms with Crippen LogP contribution in [0.4, 0.5) is 0 Å². The van der Waals surface area contributed by atoms with Gasteiger partial charge in [0, 0.05) is 0 Å². The van der Waals surface area contributed by atoms with Crippen LogP contribution < -0.4 is 10.1 Å². The average molecular weight is 304 g/mol. The molecular formula is C18H12N2OS. The molecule has 106 valence electrons. The first-order valence-corrected chi connectivity index (χ1v) is 7.78. The van der Waals surface area contributed by atoms with Gasteiger partial charge in [0.05, 0.1) is 15.6 Å². The summed E-state index contributed by atoms with van der Waals surface area (Å²) in [6.45, 7) is 0. The Kier molecular flexibility index (Phi) is 3.09. The van der Waals surface area contributed by atoms with Crippen LogP contribution in [-0.4, -0.2) is 9.38 Å². The van der Waals surface area contributed by atoms with Crippen molar-refractivity contribution in [3.63, 3.8) is 0 Å². The molecule has 0 spiro atoms. The lowest BCUT2D eigenvalue weighted by atomic mass is 10.2. The zero-order valence-electron chi connectivity index (χ0n) is 11.6. The predicted octanol–water partition coefficient (Wildman–Crippen LogP) is 3.12. The van der Waals surface area contributed by atoms with E-state index in [0.717, 1.165) is 21.6 Å². The van der Waals surface area contributed by atoms with Gasteiger partial charge in [-0.05, 0) is 23.8 Å². The van der Waals surface area contributed by atoms with Gasteiger partial charge in [0.2, 0.25) is 0 Å². The lowest BCUT2D eigenvalue weighted by Gasteiger charge is -1.88. The SMILES string of the molecule is O=c1/c(=C\C=C\c2ccccc2)sc2nc3ccccc3n12. The first-order valence-electron chi connectivity index (χ1n) is 6.96. The number of imidazole rings is 1. The summed E-state index contributed by atoms with van der Waals surface area (Å²) in [5, 5.41) is 0. The molecule has 0 saturated carbocycles. The lowest BCUT2D eigenvalue weighted by Crippen LogP contribution is -2.22. The average Bonchev–Trinajstić information content (AvgIpc) is 3.06. The number of rotatable bonds is 2. The van der Waals surface area contributed by atoms with Crippen LogP contribution in [0.15, 0.2) is 65.5 Å². The Morgan fingerprint density at radius 2 is 1.77 bits per heavy atom. The third-order valence-corrected chi connectivity index (χ3v) is 4.47. The third kappa shape index (κ3) is 2.14. The van der Waals surface area contributed by atoms with Crippen molar-refractivity contribution < 1.29 is 0 Å². The van der Waals surface area contributed by atoms with Gasteiger partial charge >= 0.3 is 0 Å². The number of allylic oxidation sites excluding steroid dienone is 1. The predicted molar refractivity (Wildman–Crippen MR) is 92.0 cm³/mol. The number of thiazole rings is 1. The minimum Gasteiger partial charge on any atom is -0.267 e. The fourth-order valence-corrected chi connectivity index (χ4v) is 3.38. The van der Waals surface area contributed by atoms with Crippen molar-refractivity contribution in [3.05, 3.63) is 81.1 Å². The normalized spacial score (nSPS) is 12.8. The van der Waals surface area contributed by atoms with Crippen molar-refractivity contribution in [1.29, 1.82) is 0 Å². The maximum atomic E-state index is 12.5. The second-order valence-electron chi connectivity index (χ2n) is 4.93. The highest BCUT2D eigenvalue weighted by Crippen LogP contribution is 2.15. The number of nitrogens with zero attached hydrogens (tertiary/aromatic N) is 2. The van der Waals surface area contributed by atoms with Crippen LogP contribution in [0.2, 0.25) is 0 Å². The fourth-order valence-electron chi connectivity index (χ4n) is 2.44. The molecule has 0 atom stereocenters. The minimum absolute atomic E-state index is 0.00795. The molecule has 0 fully saturated rings. The highest BCUT2D eigenvalue weighted by Gasteiger charge is 2.09. The first-order chi connectivity index (χ1) is 10.8. The van der Waals surface area contributed by atoms with Crippen LogP contribution in [0.1, 0.15) is 5.56 Å². The summed E-state index contributed by atoms with van der Waals surface area (Å²) in [7, 11) is 0. The van der Waals surface area contributed by atoms with E-state index in [4.69, 9.17) is 0 Å². The number of para-hydroxylation sites is 2. The van der Waals surface area contributed by atoms with E-state index in [9.17, 15) is 4.79 Å². The van der Waals surface area contributed by atoms with Crippen molar-refractivity contribution in [3.8, 4) is 0 Å². The molecule has 2 aromatic carbocycles. The molecule has 0 aliphatic carbocycles. The van der Waals surface area contributed by atoms with Crippen molar-refractivity contribution in [2.75, 3.05) is 0 Å². The fraction of sp³-hybridized carbons (Fsp3) is 0. The topological polar surface area (TPSA) is 34.4 Å². The summed E-state index contributed by atoms with van der Waals surface area (Å²) in [6.07, 6.45) is 5.74. The Morgan fingerprint density at radius 3 is 2.64 bits per heavy atom. The van der Waals surface area contributed by atoms with Crippen LogP contribution in [0.25, 0.3) is 28.1 Å². The van der Waals surface area contributed by atoms with Crippen LogP contribution in [0, 0.1) is 0 Å². The van der Waals surface area contributed by atoms with E-state index < -0.39 is 0 Å². The van der Waals surface area contributed by atoms with E-state index in [1.807, 2.05) is 72.8 Å². The summed E-state index contributed by atoms with van der Waals surface area (Å²) in [4.78, 5) is 17.8. The summed E-state index contributed by atoms with van der Waals surface area (Å²) in [5.41, 5.74) is 2.83. The molecule has 0 amide bonds. The molecule has 4 aromatic rings. The Labute approximate surface area is 130 Å². The summed E-state index contributed by atoms with van der Waals surface area (Å²) in [6, 6.07) is 17.7. The molecule has 0 saturated heterocycles. The van der Waals surface area contributed by atoms with E-state index in [2.05, 4.69) is 4.98 Å². The number of hydrogen-bond donors (Lipinski definition) is 0. The van der Waals surface area contributed by atoms with E-state index in [1.54, 1.807) is 4.40 Å². The molecule has 4 rings (SSSR count). The molecule has 0 aliphatic heterocycles. The molecule has 0 N–H and O–H groups in total. The van der Waals surface area contributed by atoms with E-state index in [1.165, 1.54) is 11.3 Å². The molecule has 0 bridgehead atoms. The van der Waals surface area contributed by atoms with E-state index in [0.29, 0.717) is 4.53 Å². The second-order valence-corrected chi connectivity index (χ2v) is 5.94. The van der Waals surface area contributed by atoms with Gasteiger partial charge in [-0.3, -0.25) is 4.79 Å². The second kappa shape index (κ2) is 5.24.